The maximum Gasteiger partial charge on any atom is 0.243 e. The van der Waals surface area contributed by atoms with Gasteiger partial charge in [-0.25, -0.2) is 16.8 Å². The van der Waals surface area contributed by atoms with Gasteiger partial charge in [-0.05, 0) is 17.7 Å². The van der Waals surface area contributed by atoms with Gasteiger partial charge < -0.3 is 5.32 Å². The van der Waals surface area contributed by atoms with Crippen molar-refractivity contribution < 1.29 is 16.8 Å². The van der Waals surface area contributed by atoms with Crippen molar-refractivity contribution in [2.75, 3.05) is 32.4 Å². The van der Waals surface area contributed by atoms with Crippen molar-refractivity contribution in [2.24, 2.45) is 0 Å². The van der Waals surface area contributed by atoms with Crippen LogP contribution in [0.25, 0.3) is 0 Å². The summed E-state index contributed by atoms with van der Waals surface area (Å²) in [7, 11) is -6.59. The standard InChI is InChI=1S/C12H18N2O4S2.ClH/c1-19(15,16)10-11-2-4-12(5-3-11)20(17,18)14-8-6-13-7-9-14;/h2-5,13H,6-10H2,1H3;1H. The van der Waals surface area contributed by atoms with E-state index in [0.29, 0.717) is 31.7 Å². The molecule has 0 spiro atoms. The third-order valence-corrected chi connectivity index (χ3v) is 5.84. The SMILES string of the molecule is CS(=O)(=O)Cc1ccc(S(=O)(=O)N2CCNCC2)cc1.Cl. The first-order valence-electron chi connectivity index (χ1n) is 6.26. The molecule has 1 aliphatic heterocycles. The fraction of sp³-hybridized carbons (Fsp3) is 0.500. The van der Waals surface area contributed by atoms with Crippen molar-refractivity contribution in [3.05, 3.63) is 29.8 Å². The van der Waals surface area contributed by atoms with E-state index in [1.54, 1.807) is 12.1 Å². The summed E-state index contributed by atoms with van der Waals surface area (Å²) >= 11 is 0. The molecule has 1 aromatic rings. The molecule has 1 fully saturated rings. The van der Waals surface area contributed by atoms with Crippen molar-refractivity contribution >= 4 is 32.3 Å². The van der Waals surface area contributed by atoms with Gasteiger partial charge in [-0.15, -0.1) is 12.4 Å². The molecule has 0 bridgehead atoms. The van der Waals surface area contributed by atoms with E-state index in [4.69, 9.17) is 0 Å². The Morgan fingerprint density at radius 1 is 1.05 bits per heavy atom. The second-order valence-electron chi connectivity index (χ2n) is 4.87. The van der Waals surface area contributed by atoms with Gasteiger partial charge in [-0.3, -0.25) is 0 Å². The van der Waals surface area contributed by atoms with Gasteiger partial charge in [0.2, 0.25) is 10.0 Å². The molecule has 2 rings (SSSR count). The fourth-order valence-electron chi connectivity index (χ4n) is 2.09. The van der Waals surface area contributed by atoms with Crippen molar-refractivity contribution in [3.8, 4) is 0 Å². The number of benzene rings is 1. The molecule has 0 aliphatic carbocycles. The number of piperazine rings is 1. The summed E-state index contributed by atoms with van der Waals surface area (Å²) < 4.78 is 48.6. The van der Waals surface area contributed by atoms with Gasteiger partial charge in [-0.2, -0.15) is 4.31 Å². The normalized spacial score (nSPS) is 17.2. The average Bonchev–Trinajstić information content (AvgIpc) is 2.38. The minimum atomic E-state index is -3.48. The van der Waals surface area contributed by atoms with E-state index >= 15 is 0 Å². The van der Waals surface area contributed by atoms with Crippen LogP contribution in [0, 0.1) is 0 Å². The van der Waals surface area contributed by atoms with Gasteiger partial charge in [0.05, 0.1) is 10.6 Å². The molecule has 120 valence electrons. The van der Waals surface area contributed by atoms with Crippen LogP contribution < -0.4 is 5.32 Å². The summed E-state index contributed by atoms with van der Waals surface area (Å²) in [6.45, 7) is 2.19. The Bertz CT molecular complexity index is 666. The Morgan fingerprint density at radius 3 is 2.05 bits per heavy atom. The summed E-state index contributed by atoms with van der Waals surface area (Å²) in [6.07, 6.45) is 1.15. The number of hydrogen-bond acceptors (Lipinski definition) is 5. The van der Waals surface area contributed by atoms with E-state index in [-0.39, 0.29) is 23.1 Å². The van der Waals surface area contributed by atoms with Crippen LogP contribution in [0.2, 0.25) is 0 Å². The predicted octanol–water partition coefficient (Wildman–Crippen LogP) is 0.247. The molecule has 0 atom stereocenters. The van der Waals surface area contributed by atoms with Gasteiger partial charge in [0, 0.05) is 32.4 Å². The van der Waals surface area contributed by atoms with Crippen molar-refractivity contribution in [1.82, 2.24) is 9.62 Å². The first-order valence-corrected chi connectivity index (χ1v) is 9.77. The van der Waals surface area contributed by atoms with Crippen LogP contribution in [0.1, 0.15) is 5.56 Å². The summed E-state index contributed by atoms with van der Waals surface area (Å²) in [5.74, 6) is -0.0824. The molecule has 0 saturated carbocycles. The van der Waals surface area contributed by atoms with Crippen molar-refractivity contribution in [2.45, 2.75) is 10.6 Å². The minimum Gasteiger partial charge on any atom is -0.314 e. The summed E-state index contributed by atoms with van der Waals surface area (Å²) in [4.78, 5) is 0.205. The third kappa shape index (κ3) is 4.93. The number of sulfone groups is 1. The molecule has 21 heavy (non-hydrogen) atoms. The first kappa shape index (κ1) is 18.4. The lowest BCUT2D eigenvalue weighted by Crippen LogP contribution is -2.46. The number of nitrogens with zero attached hydrogens (tertiary/aromatic N) is 1. The Kier molecular flexibility index (Phi) is 6.18. The van der Waals surface area contributed by atoms with Crippen LogP contribution in [0.4, 0.5) is 0 Å². The Labute approximate surface area is 131 Å². The maximum absolute atomic E-state index is 12.4. The van der Waals surface area contributed by atoms with Gasteiger partial charge in [0.15, 0.2) is 9.84 Å². The minimum absolute atomic E-state index is 0. The zero-order chi connectivity index (χ0) is 14.8. The summed E-state index contributed by atoms with van der Waals surface area (Å²) in [5, 5.41) is 3.10. The lowest BCUT2D eigenvalue weighted by atomic mass is 10.2. The third-order valence-electron chi connectivity index (χ3n) is 3.07. The molecular weight excluding hydrogens is 336 g/mol. The molecule has 0 amide bonds. The molecule has 1 N–H and O–H groups in total. The van der Waals surface area contributed by atoms with Gasteiger partial charge in [0.25, 0.3) is 0 Å². The zero-order valence-electron chi connectivity index (χ0n) is 11.6. The summed E-state index contributed by atoms with van der Waals surface area (Å²) in [6, 6.07) is 6.04. The second-order valence-corrected chi connectivity index (χ2v) is 8.95. The number of sulfonamides is 1. The average molecular weight is 355 g/mol. The number of halogens is 1. The first-order chi connectivity index (χ1) is 9.29. The molecule has 0 unspecified atom stereocenters. The number of hydrogen-bond donors (Lipinski definition) is 1. The highest BCUT2D eigenvalue weighted by molar-refractivity contribution is 7.90. The smallest absolute Gasteiger partial charge is 0.243 e. The Morgan fingerprint density at radius 2 is 1.57 bits per heavy atom. The van der Waals surface area contributed by atoms with E-state index in [1.807, 2.05) is 0 Å². The molecule has 9 heteroatoms. The molecular formula is C12H19ClN2O4S2. The molecule has 0 radical (unpaired) electrons. The van der Waals surface area contributed by atoms with Crippen LogP contribution in [0.5, 0.6) is 0 Å². The van der Waals surface area contributed by atoms with Crippen LogP contribution in [0.3, 0.4) is 0 Å². The van der Waals surface area contributed by atoms with Gasteiger partial charge >= 0.3 is 0 Å². The van der Waals surface area contributed by atoms with E-state index in [0.717, 1.165) is 6.26 Å². The predicted molar refractivity (Wildman–Crippen MR) is 83.9 cm³/mol. The molecule has 1 aliphatic rings. The van der Waals surface area contributed by atoms with E-state index in [1.165, 1.54) is 16.4 Å². The second kappa shape index (κ2) is 7.06. The maximum atomic E-state index is 12.4. The molecule has 1 heterocycles. The highest BCUT2D eigenvalue weighted by atomic mass is 35.5. The van der Waals surface area contributed by atoms with Gasteiger partial charge in [-0.1, -0.05) is 12.1 Å². The Balaban J connectivity index is 0.00000220. The zero-order valence-corrected chi connectivity index (χ0v) is 14.1. The van der Waals surface area contributed by atoms with Gasteiger partial charge in [0.1, 0.15) is 0 Å². The lowest BCUT2D eigenvalue weighted by Gasteiger charge is -2.26. The molecule has 1 aromatic carbocycles. The largest absolute Gasteiger partial charge is 0.314 e. The highest BCUT2D eigenvalue weighted by Gasteiger charge is 2.25. The highest BCUT2D eigenvalue weighted by Crippen LogP contribution is 2.17. The molecule has 1 saturated heterocycles. The lowest BCUT2D eigenvalue weighted by molar-refractivity contribution is 0.360. The number of nitrogens with one attached hydrogen (secondary N) is 1. The van der Waals surface area contributed by atoms with Crippen LogP contribution in [0.15, 0.2) is 29.2 Å². The van der Waals surface area contributed by atoms with Crippen molar-refractivity contribution in [3.63, 3.8) is 0 Å². The quantitative estimate of drug-likeness (QED) is 0.837. The Hall–Kier alpha value is -0.670. The van der Waals surface area contributed by atoms with E-state index in [9.17, 15) is 16.8 Å². The molecule has 0 aromatic heterocycles. The van der Waals surface area contributed by atoms with E-state index in [2.05, 4.69) is 5.32 Å². The monoisotopic (exact) mass is 354 g/mol. The van der Waals surface area contributed by atoms with Crippen LogP contribution in [-0.4, -0.2) is 53.6 Å². The molecule has 6 nitrogen and oxygen atoms in total. The topological polar surface area (TPSA) is 83.5 Å². The van der Waals surface area contributed by atoms with Crippen molar-refractivity contribution in [1.29, 1.82) is 0 Å². The van der Waals surface area contributed by atoms with E-state index < -0.39 is 19.9 Å². The fourth-order valence-corrected chi connectivity index (χ4v) is 4.33. The summed E-state index contributed by atoms with van der Waals surface area (Å²) in [5.41, 5.74) is 0.590. The van der Waals surface area contributed by atoms with Crippen LogP contribution in [-0.2, 0) is 25.6 Å². The van der Waals surface area contributed by atoms with Crippen LogP contribution >= 0.6 is 12.4 Å². The number of rotatable bonds is 4.